The number of carbonyl (C=O) groups excluding carboxylic acids is 1. The van der Waals surface area contributed by atoms with Crippen molar-refractivity contribution in [3.63, 3.8) is 0 Å². The van der Waals surface area contributed by atoms with E-state index in [1.165, 1.54) is 0 Å². The highest BCUT2D eigenvalue weighted by Crippen LogP contribution is 2.32. The highest BCUT2D eigenvalue weighted by atomic mass is 35.5. The van der Waals surface area contributed by atoms with Gasteiger partial charge < -0.3 is 14.5 Å². The molecule has 30 heavy (non-hydrogen) atoms. The fourth-order valence-corrected chi connectivity index (χ4v) is 3.70. The first kappa shape index (κ1) is 20.4. The lowest BCUT2D eigenvalue weighted by Crippen LogP contribution is -2.50. The Balaban J connectivity index is 1.58. The number of halogens is 1. The highest BCUT2D eigenvalue weighted by Gasteiger charge is 2.27. The number of nitrogens with zero attached hydrogens (tertiary/aromatic N) is 4. The second-order valence-corrected chi connectivity index (χ2v) is 8.82. The van der Waals surface area contributed by atoms with E-state index in [2.05, 4.69) is 27.2 Å². The summed E-state index contributed by atoms with van der Waals surface area (Å²) in [5, 5.41) is 11.9. The molecule has 6 nitrogen and oxygen atoms in total. The Morgan fingerprint density at radius 2 is 1.57 bits per heavy atom. The third-order valence-corrected chi connectivity index (χ3v) is 5.27. The van der Waals surface area contributed by atoms with Gasteiger partial charge >= 0.3 is 6.09 Å². The third kappa shape index (κ3) is 4.33. The minimum Gasteiger partial charge on any atom is -0.444 e. The van der Waals surface area contributed by atoms with Crippen molar-refractivity contribution < 1.29 is 9.53 Å². The molecule has 1 aliphatic heterocycles. The summed E-state index contributed by atoms with van der Waals surface area (Å²) >= 11 is 6.03. The molecule has 0 N–H and O–H groups in total. The van der Waals surface area contributed by atoms with Crippen molar-refractivity contribution in [3.05, 3.63) is 53.6 Å². The summed E-state index contributed by atoms with van der Waals surface area (Å²) in [7, 11) is 0. The monoisotopic (exact) mass is 424 g/mol. The lowest BCUT2D eigenvalue weighted by molar-refractivity contribution is 0.0240. The maximum absolute atomic E-state index is 12.3. The van der Waals surface area contributed by atoms with E-state index in [0.29, 0.717) is 31.2 Å². The number of rotatable bonds is 2. The van der Waals surface area contributed by atoms with E-state index in [0.717, 1.165) is 27.8 Å². The van der Waals surface area contributed by atoms with Crippen LogP contribution in [0.5, 0.6) is 0 Å². The third-order valence-electron chi connectivity index (χ3n) is 5.02. The highest BCUT2D eigenvalue weighted by molar-refractivity contribution is 6.30. The van der Waals surface area contributed by atoms with Gasteiger partial charge in [0, 0.05) is 47.5 Å². The molecule has 3 aromatic rings. The predicted molar refractivity (Wildman–Crippen MR) is 120 cm³/mol. The number of hydrogen-bond acceptors (Lipinski definition) is 5. The van der Waals surface area contributed by atoms with Crippen LogP contribution in [-0.4, -0.2) is 53.0 Å². The first-order valence-electron chi connectivity index (χ1n) is 10.1. The zero-order valence-electron chi connectivity index (χ0n) is 17.4. The minimum atomic E-state index is -0.493. The Labute approximate surface area is 181 Å². The van der Waals surface area contributed by atoms with Crippen LogP contribution in [-0.2, 0) is 4.74 Å². The predicted octanol–water partition coefficient (Wildman–Crippen LogP) is 5.01. The quantitative estimate of drug-likeness (QED) is 0.578. The van der Waals surface area contributed by atoms with Crippen molar-refractivity contribution >= 4 is 34.3 Å². The Kier molecular flexibility index (Phi) is 5.52. The molecule has 2 heterocycles. The number of aromatic nitrogens is 2. The minimum absolute atomic E-state index is 0.267. The lowest BCUT2D eigenvalue weighted by Gasteiger charge is -2.36. The summed E-state index contributed by atoms with van der Waals surface area (Å²) in [5.74, 6) is 0.840. The van der Waals surface area contributed by atoms with Gasteiger partial charge in [0.2, 0.25) is 0 Å². The van der Waals surface area contributed by atoms with Crippen molar-refractivity contribution in [2.45, 2.75) is 26.4 Å². The van der Waals surface area contributed by atoms with E-state index >= 15 is 0 Å². The summed E-state index contributed by atoms with van der Waals surface area (Å²) in [4.78, 5) is 16.3. The fraction of sp³-hybridized carbons (Fsp3) is 0.348. The second kappa shape index (κ2) is 8.11. The molecular weight excluding hydrogens is 400 g/mol. The maximum atomic E-state index is 12.3. The van der Waals surface area contributed by atoms with Crippen molar-refractivity contribution in [1.82, 2.24) is 15.1 Å². The lowest BCUT2D eigenvalue weighted by atomic mass is 10.0. The van der Waals surface area contributed by atoms with Crippen LogP contribution in [0.25, 0.3) is 22.0 Å². The number of ether oxygens (including phenoxy) is 1. The number of amides is 1. The van der Waals surface area contributed by atoms with Crippen LogP contribution in [0.3, 0.4) is 0 Å². The average Bonchev–Trinajstić information content (AvgIpc) is 2.73. The summed E-state index contributed by atoms with van der Waals surface area (Å²) in [6.45, 7) is 8.17. The standard InChI is InChI=1S/C23H25ClN4O2/c1-23(2,3)30-22(29)28-14-12-27(13-15-28)21-19-7-5-4-6-18(19)20(25-26-21)16-8-10-17(24)11-9-16/h4-11H,12-15H2,1-3H3. The molecular formula is C23H25ClN4O2. The van der Waals surface area contributed by atoms with Crippen LogP contribution < -0.4 is 4.90 Å². The van der Waals surface area contributed by atoms with Gasteiger partial charge in [0.05, 0.1) is 0 Å². The summed E-state index contributed by atoms with van der Waals surface area (Å²) < 4.78 is 5.49. The van der Waals surface area contributed by atoms with Crippen molar-refractivity contribution in [3.8, 4) is 11.3 Å². The van der Waals surface area contributed by atoms with E-state index in [4.69, 9.17) is 16.3 Å². The van der Waals surface area contributed by atoms with E-state index in [1.54, 1.807) is 4.90 Å². The summed E-state index contributed by atoms with van der Waals surface area (Å²) in [6, 6.07) is 15.8. The van der Waals surface area contributed by atoms with Crippen LogP contribution in [0.4, 0.5) is 10.6 Å². The second-order valence-electron chi connectivity index (χ2n) is 8.38. The van der Waals surface area contributed by atoms with Crippen molar-refractivity contribution in [1.29, 1.82) is 0 Å². The molecule has 1 amide bonds. The fourth-order valence-electron chi connectivity index (χ4n) is 3.57. The van der Waals surface area contributed by atoms with E-state index in [9.17, 15) is 4.79 Å². The zero-order chi connectivity index (χ0) is 21.3. The van der Waals surface area contributed by atoms with Crippen LogP contribution in [0, 0.1) is 0 Å². The Hall–Kier alpha value is -2.86. The molecule has 0 saturated carbocycles. The topological polar surface area (TPSA) is 58.6 Å². The number of benzene rings is 2. The van der Waals surface area contributed by atoms with Gasteiger partial charge in [0.15, 0.2) is 5.82 Å². The Morgan fingerprint density at radius 1 is 0.933 bits per heavy atom. The Morgan fingerprint density at radius 3 is 2.20 bits per heavy atom. The molecule has 7 heteroatoms. The molecule has 0 radical (unpaired) electrons. The van der Waals surface area contributed by atoms with E-state index in [1.807, 2.05) is 57.2 Å². The van der Waals surface area contributed by atoms with Gasteiger partial charge in [0.1, 0.15) is 11.3 Å². The molecule has 1 saturated heterocycles. The van der Waals surface area contributed by atoms with Crippen molar-refractivity contribution in [2.24, 2.45) is 0 Å². The molecule has 0 aliphatic carbocycles. The van der Waals surface area contributed by atoms with E-state index < -0.39 is 5.60 Å². The van der Waals surface area contributed by atoms with Crippen LogP contribution >= 0.6 is 11.6 Å². The smallest absolute Gasteiger partial charge is 0.410 e. The van der Waals surface area contributed by atoms with Crippen LogP contribution in [0.2, 0.25) is 5.02 Å². The molecule has 2 aromatic carbocycles. The number of piperazine rings is 1. The molecule has 0 spiro atoms. The maximum Gasteiger partial charge on any atom is 0.410 e. The first-order valence-corrected chi connectivity index (χ1v) is 10.4. The number of carbonyl (C=O) groups is 1. The van der Waals surface area contributed by atoms with Gasteiger partial charge in [-0.2, -0.15) is 0 Å². The SMILES string of the molecule is CC(C)(C)OC(=O)N1CCN(c2nnc(-c3ccc(Cl)cc3)c3ccccc23)CC1. The van der Waals surface area contributed by atoms with Gasteiger partial charge in [-0.3, -0.25) is 0 Å². The molecule has 0 unspecified atom stereocenters. The first-order chi connectivity index (χ1) is 14.3. The summed E-state index contributed by atoms with van der Waals surface area (Å²) in [6.07, 6.45) is -0.267. The van der Waals surface area contributed by atoms with Crippen LogP contribution in [0.15, 0.2) is 48.5 Å². The summed E-state index contributed by atoms with van der Waals surface area (Å²) in [5.41, 5.74) is 1.32. The van der Waals surface area contributed by atoms with Gasteiger partial charge in [-0.25, -0.2) is 4.79 Å². The zero-order valence-corrected chi connectivity index (χ0v) is 18.2. The van der Waals surface area contributed by atoms with Gasteiger partial charge in [0.25, 0.3) is 0 Å². The van der Waals surface area contributed by atoms with Gasteiger partial charge in [-0.05, 0) is 32.9 Å². The van der Waals surface area contributed by atoms with Crippen molar-refractivity contribution in [2.75, 3.05) is 31.1 Å². The molecule has 0 bridgehead atoms. The molecule has 0 atom stereocenters. The molecule has 156 valence electrons. The molecule has 1 aromatic heterocycles. The number of anilines is 1. The number of fused-ring (bicyclic) bond motifs is 1. The molecule has 1 fully saturated rings. The van der Waals surface area contributed by atoms with Crippen LogP contribution in [0.1, 0.15) is 20.8 Å². The largest absolute Gasteiger partial charge is 0.444 e. The normalized spacial score (nSPS) is 14.8. The van der Waals surface area contributed by atoms with Gasteiger partial charge in [-0.15, -0.1) is 10.2 Å². The van der Waals surface area contributed by atoms with Gasteiger partial charge in [-0.1, -0.05) is 48.0 Å². The average molecular weight is 425 g/mol. The molecule has 1 aliphatic rings. The molecule has 4 rings (SSSR count). The number of hydrogen-bond donors (Lipinski definition) is 0. The Bertz CT molecular complexity index is 1050. The van der Waals surface area contributed by atoms with E-state index in [-0.39, 0.29) is 6.09 Å².